The third-order valence-electron chi connectivity index (χ3n) is 3.90. The molecule has 0 spiro atoms. The van der Waals surface area contributed by atoms with Crippen LogP contribution in [0.5, 0.6) is 0 Å². The topological polar surface area (TPSA) is 40.1 Å². The maximum Gasteiger partial charge on any atom is 0.0414 e. The minimum Gasteiger partial charge on any atom is -0.550 e. The van der Waals surface area contributed by atoms with Crippen molar-refractivity contribution in [3.05, 3.63) is 60.8 Å². The number of aliphatic carboxylic acids is 1. The van der Waals surface area contributed by atoms with Crippen molar-refractivity contribution >= 4 is 5.97 Å². The van der Waals surface area contributed by atoms with Crippen LogP contribution in [-0.2, 0) is 4.79 Å². The summed E-state index contributed by atoms with van der Waals surface area (Å²) in [7, 11) is 0. The lowest BCUT2D eigenvalue weighted by atomic mass is 10.2. The molecule has 0 aromatic carbocycles. The number of carboxylic acids is 1. The quantitative estimate of drug-likeness (QED) is 0.229. The predicted molar refractivity (Wildman–Crippen MR) is 112 cm³/mol. The Morgan fingerprint density at radius 1 is 0.615 bits per heavy atom. The second-order valence-corrected chi connectivity index (χ2v) is 6.41. The van der Waals surface area contributed by atoms with Crippen molar-refractivity contribution in [2.24, 2.45) is 0 Å². The molecular formula is C24H37O2-. The highest BCUT2D eigenvalue weighted by molar-refractivity contribution is 5.64. The predicted octanol–water partition coefficient (Wildman–Crippen LogP) is 6.22. The summed E-state index contributed by atoms with van der Waals surface area (Å²) in [6.07, 6.45) is 33.9. The van der Waals surface area contributed by atoms with Gasteiger partial charge in [0.05, 0.1) is 0 Å². The zero-order valence-electron chi connectivity index (χ0n) is 16.6. The average molecular weight is 358 g/mol. The Balaban J connectivity index is 3.44. The number of carbonyl (C=O) groups excluding carboxylic acids is 1. The zero-order chi connectivity index (χ0) is 19.1. The van der Waals surface area contributed by atoms with Gasteiger partial charge >= 0.3 is 0 Å². The molecule has 0 heterocycles. The van der Waals surface area contributed by atoms with Crippen LogP contribution in [0, 0.1) is 0 Å². The van der Waals surface area contributed by atoms with Gasteiger partial charge in [0.2, 0.25) is 0 Å². The fourth-order valence-electron chi connectivity index (χ4n) is 2.36. The van der Waals surface area contributed by atoms with Gasteiger partial charge in [-0.15, -0.1) is 0 Å². The number of carbonyl (C=O) groups is 1. The van der Waals surface area contributed by atoms with Crippen molar-refractivity contribution in [1.82, 2.24) is 0 Å². The molecule has 0 aromatic rings. The van der Waals surface area contributed by atoms with Crippen LogP contribution in [0.2, 0.25) is 0 Å². The van der Waals surface area contributed by atoms with Crippen LogP contribution in [0.25, 0.3) is 0 Å². The Morgan fingerprint density at radius 3 is 1.38 bits per heavy atom. The summed E-state index contributed by atoms with van der Waals surface area (Å²) >= 11 is 0. The van der Waals surface area contributed by atoms with Crippen molar-refractivity contribution in [2.45, 2.75) is 84.0 Å². The molecule has 0 aliphatic heterocycles. The third-order valence-corrected chi connectivity index (χ3v) is 3.90. The summed E-state index contributed by atoms with van der Waals surface area (Å²) in [5.41, 5.74) is 0. The van der Waals surface area contributed by atoms with E-state index in [-0.39, 0.29) is 6.42 Å². The lowest BCUT2D eigenvalue weighted by molar-refractivity contribution is -0.305. The summed E-state index contributed by atoms with van der Waals surface area (Å²) in [6, 6.07) is 0. The fraction of sp³-hybridized carbons (Fsp3) is 0.542. The summed E-state index contributed by atoms with van der Waals surface area (Å²) < 4.78 is 0. The summed E-state index contributed by atoms with van der Waals surface area (Å²) in [5.74, 6) is -0.949. The average Bonchev–Trinajstić information content (AvgIpc) is 2.62. The smallest absolute Gasteiger partial charge is 0.0414 e. The highest BCUT2D eigenvalue weighted by Crippen LogP contribution is 2.02. The molecule has 0 aromatic heterocycles. The van der Waals surface area contributed by atoms with Gasteiger partial charge in [0.1, 0.15) is 0 Å². The standard InChI is InChI=1S/C24H38O2/c1-2-3-4-5-6-7-8-9-10-11-12-13-14-15-16-17-18-19-20-21-22-23-24(25)26/h6-7,9-10,12-13,15-16,18-19H,2-5,8,11,14,17,20-23H2,1H3,(H,25,26)/p-1/b7-6-,10-9-,13-12-,16-15-,19-18-. The molecule has 0 aliphatic carbocycles. The lowest BCUT2D eigenvalue weighted by Crippen LogP contribution is -2.21. The van der Waals surface area contributed by atoms with Gasteiger partial charge in [0, 0.05) is 5.97 Å². The van der Waals surface area contributed by atoms with Crippen LogP contribution in [0.4, 0.5) is 0 Å². The second kappa shape index (κ2) is 21.2. The Kier molecular flexibility index (Phi) is 19.7. The first-order chi connectivity index (χ1) is 12.8. The second-order valence-electron chi connectivity index (χ2n) is 6.41. The maximum absolute atomic E-state index is 10.3. The molecule has 0 rings (SSSR count). The van der Waals surface area contributed by atoms with E-state index in [4.69, 9.17) is 0 Å². The first-order valence-corrected chi connectivity index (χ1v) is 10.2. The Labute approximate surface area is 161 Å². The van der Waals surface area contributed by atoms with Gasteiger partial charge in [-0.3, -0.25) is 0 Å². The first-order valence-electron chi connectivity index (χ1n) is 10.2. The van der Waals surface area contributed by atoms with Gasteiger partial charge in [-0.25, -0.2) is 0 Å². The molecule has 0 saturated carbocycles. The summed E-state index contributed by atoms with van der Waals surface area (Å²) in [5, 5.41) is 10.3. The van der Waals surface area contributed by atoms with Crippen molar-refractivity contribution in [3.63, 3.8) is 0 Å². The van der Waals surface area contributed by atoms with E-state index in [0.717, 1.165) is 38.5 Å². The minimum atomic E-state index is -0.949. The van der Waals surface area contributed by atoms with Gasteiger partial charge in [0.15, 0.2) is 0 Å². The van der Waals surface area contributed by atoms with Crippen LogP contribution < -0.4 is 5.11 Å². The van der Waals surface area contributed by atoms with Gasteiger partial charge in [-0.1, -0.05) is 80.5 Å². The monoisotopic (exact) mass is 357 g/mol. The van der Waals surface area contributed by atoms with Crippen LogP contribution in [0.1, 0.15) is 84.0 Å². The Morgan fingerprint density at radius 2 is 1.00 bits per heavy atom. The van der Waals surface area contributed by atoms with E-state index in [1.54, 1.807) is 0 Å². The number of hydrogen-bond acceptors (Lipinski definition) is 2. The van der Waals surface area contributed by atoms with Gasteiger partial charge in [0.25, 0.3) is 0 Å². The van der Waals surface area contributed by atoms with E-state index in [1.807, 2.05) is 0 Å². The van der Waals surface area contributed by atoms with Crippen LogP contribution in [0.15, 0.2) is 60.8 Å². The Bertz CT molecular complexity index is 453. The number of rotatable bonds is 17. The highest BCUT2D eigenvalue weighted by atomic mass is 16.4. The van der Waals surface area contributed by atoms with Crippen molar-refractivity contribution in [3.8, 4) is 0 Å². The molecule has 2 nitrogen and oxygen atoms in total. The molecule has 26 heavy (non-hydrogen) atoms. The molecule has 0 amide bonds. The van der Waals surface area contributed by atoms with Gasteiger partial charge in [-0.05, 0) is 64.2 Å². The van der Waals surface area contributed by atoms with E-state index in [9.17, 15) is 9.90 Å². The zero-order valence-corrected chi connectivity index (χ0v) is 16.6. The molecule has 0 aliphatic rings. The van der Waals surface area contributed by atoms with Crippen molar-refractivity contribution in [1.29, 1.82) is 0 Å². The van der Waals surface area contributed by atoms with Crippen molar-refractivity contribution < 1.29 is 9.90 Å². The van der Waals surface area contributed by atoms with Crippen molar-refractivity contribution in [2.75, 3.05) is 0 Å². The number of carboxylic acid groups (broad SMARTS) is 1. The van der Waals surface area contributed by atoms with Crippen LogP contribution >= 0.6 is 0 Å². The molecule has 0 atom stereocenters. The lowest BCUT2D eigenvalue weighted by Gasteiger charge is -1.98. The summed E-state index contributed by atoms with van der Waals surface area (Å²) in [4.78, 5) is 10.3. The maximum atomic E-state index is 10.3. The SMILES string of the molecule is CCCCC/C=C\C/C=C\C/C=C\C/C=C\C/C=C\CCCCC(=O)[O-]. The molecule has 0 radical (unpaired) electrons. The fourth-order valence-corrected chi connectivity index (χ4v) is 2.36. The van der Waals surface area contributed by atoms with Crippen LogP contribution in [-0.4, -0.2) is 5.97 Å². The van der Waals surface area contributed by atoms with E-state index in [0.29, 0.717) is 6.42 Å². The minimum absolute atomic E-state index is 0.172. The first kappa shape index (κ1) is 24.2. The van der Waals surface area contributed by atoms with Crippen LogP contribution in [0.3, 0.4) is 0 Å². The van der Waals surface area contributed by atoms with E-state index in [2.05, 4.69) is 67.7 Å². The third kappa shape index (κ3) is 22.2. The Hall–Kier alpha value is -1.83. The van der Waals surface area contributed by atoms with Gasteiger partial charge < -0.3 is 9.90 Å². The van der Waals surface area contributed by atoms with Gasteiger partial charge in [-0.2, -0.15) is 0 Å². The molecule has 0 unspecified atom stereocenters. The molecule has 0 N–H and O–H groups in total. The van der Waals surface area contributed by atoms with E-state index in [1.165, 1.54) is 25.7 Å². The number of unbranched alkanes of at least 4 members (excludes halogenated alkanes) is 5. The van der Waals surface area contributed by atoms with E-state index < -0.39 is 5.97 Å². The molecule has 0 bridgehead atoms. The molecule has 2 heteroatoms. The molecule has 0 saturated heterocycles. The highest BCUT2D eigenvalue weighted by Gasteiger charge is 1.86. The normalized spacial score (nSPS) is 12.7. The summed E-state index contributed by atoms with van der Waals surface area (Å²) in [6.45, 7) is 2.24. The molecule has 0 fully saturated rings. The largest absolute Gasteiger partial charge is 0.550 e. The molecule has 146 valence electrons. The number of allylic oxidation sites excluding steroid dienone is 10. The number of hydrogen-bond donors (Lipinski definition) is 0. The van der Waals surface area contributed by atoms with E-state index >= 15 is 0 Å². The molecular weight excluding hydrogens is 320 g/mol.